The number of nitrogens with zero attached hydrogens (tertiary/aromatic N) is 4. The Morgan fingerprint density at radius 2 is 2.04 bits per heavy atom. The second-order valence-electron chi connectivity index (χ2n) is 5.68. The molecule has 3 heterocycles. The average molecular weight is 330 g/mol. The Hall–Kier alpha value is -3.41. The number of benzene rings is 1. The summed E-state index contributed by atoms with van der Waals surface area (Å²) in [6.45, 7) is 2.78. The van der Waals surface area contributed by atoms with Gasteiger partial charge in [0.05, 0.1) is 16.8 Å². The predicted molar refractivity (Wildman–Crippen MR) is 100 cm³/mol. The SMILES string of the molecule is CCNc1nccc(-c2c(-c3cccc(N)c3)nn3ccccc23)n1. The van der Waals surface area contributed by atoms with Crippen molar-refractivity contribution < 1.29 is 0 Å². The summed E-state index contributed by atoms with van der Waals surface area (Å²) in [6, 6.07) is 15.6. The van der Waals surface area contributed by atoms with E-state index in [9.17, 15) is 0 Å². The van der Waals surface area contributed by atoms with E-state index in [4.69, 9.17) is 10.8 Å². The smallest absolute Gasteiger partial charge is 0.223 e. The zero-order valence-corrected chi connectivity index (χ0v) is 13.8. The largest absolute Gasteiger partial charge is 0.399 e. The van der Waals surface area contributed by atoms with E-state index in [2.05, 4.69) is 15.3 Å². The van der Waals surface area contributed by atoms with E-state index in [1.165, 1.54) is 0 Å². The molecule has 0 radical (unpaired) electrons. The first kappa shape index (κ1) is 15.1. The highest BCUT2D eigenvalue weighted by Crippen LogP contribution is 2.34. The number of hydrogen-bond donors (Lipinski definition) is 2. The summed E-state index contributed by atoms with van der Waals surface area (Å²) in [5.74, 6) is 0.605. The lowest BCUT2D eigenvalue weighted by atomic mass is 10.0. The van der Waals surface area contributed by atoms with Crippen LogP contribution in [-0.4, -0.2) is 26.1 Å². The van der Waals surface area contributed by atoms with Gasteiger partial charge in [-0.1, -0.05) is 18.2 Å². The third-order valence-corrected chi connectivity index (χ3v) is 3.95. The maximum absolute atomic E-state index is 5.97. The van der Waals surface area contributed by atoms with E-state index in [1.807, 2.05) is 66.2 Å². The molecule has 0 saturated heterocycles. The fraction of sp³-hybridized carbons (Fsp3) is 0.105. The molecule has 0 fully saturated rings. The summed E-state index contributed by atoms with van der Waals surface area (Å²) in [4.78, 5) is 8.92. The van der Waals surface area contributed by atoms with Crippen LogP contribution in [-0.2, 0) is 0 Å². The molecule has 3 N–H and O–H groups in total. The normalized spacial score (nSPS) is 10.9. The maximum atomic E-state index is 5.97. The van der Waals surface area contributed by atoms with Gasteiger partial charge in [-0.2, -0.15) is 5.10 Å². The van der Waals surface area contributed by atoms with Crippen molar-refractivity contribution in [3.63, 3.8) is 0 Å². The molecule has 4 rings (SSSR count). The molecule has 1 aromatic carbocycles. The zero-order chi connectivity index (χ0) is 17.2. The fourth-order valence-corrected chi connectivity index (χ4v) is 2.88. The van der Waals surface area contributed by atoms with E-state index < -0.39 is 0 Å². The van der Waals surface area contributed by atoms with Crippen LogP contribution in [0.25, 0.3) is 28.0 Å². The highest BCUT2D eigenvalue weighted by molar-refractivity contribution is 5.91. The van der Waals surface area contributed by atoms with Crippen LogP contribution in [0.2, 0.25) is 0 Å². The van der Waals surface area contributed by atoms with Crippen LogP contribution >= 0.6 is 0 Å². The molecule has 0 saturated carbocycles. The van der Waals surface area contributed by atoms with Gasteiger partial charge in [-0.25, -0.2) is 14.5 Å². The molecular weight excluding hydrogens is 312 g/mol. The molecule has 0 atom stereocenters. The van der Waals surface area contributed by atoms with Crippen molar-refractivity contribution in [3.05, 3.63) is 60.9 Å². The second-order valence-corrected chi connectivity index (χ2v) is 5.68. The van der Waals surface area contributed by atoms with Gasteiger partial charge in [-0.15, -0.1) is 0 Å². The highest BCUT2D eigenvalue weighted by atomic mass is 15.2. The van der Waals surface area contributed by atoms with Crippen LogP contribution in [0.3, 0.4) is 0 Å². The van der Waals surface area contributed by atoms with Crippen molar-refractivity contribution in [1.29, 1.82) is 0 Å². The third-order valence-electron chi connectivity index (χ3n) is 3.95. The Morgan fingerprint density at radius 1 is 1.12 bits per heavy atom. The third kappa shape index (κ3) is 2.78. The van der Waals surface area contributed by atoms with Gasteiger partial charge < -0.3 is 11.1 Å². The minimum atomic E-state index is 0.605. The van der Waals surface area contributed by atoms with E-state index in [-0.39, 0.29) is 0 Å². The number of nitrogens with two attached hydrogens (primary N) is 1. The molecule has 3 aromatic heterocycles. The highest BCUT2D eigenvalue weighted by Gasteiger charge is 2.18. The monoisotopic (exact) mass is 330 g/mol. The Kier molecular flexibility index (Phi) is 3.78. The lowest BCUT2D eigenvalue weighted by Gasteiger charge is -2.06. The van der Waals surface area contributed by atoms with Crippen molar-refractivity contribution in [2.75, 3.05) is 17.6 Å². The Labute approximate surface area is 145 Å². The average Bonchev–Trinajstić information content (AvgIpc) is 3.02. The summed E-state index contributed by atoms with van der Waals surface area (Å²) < 4.78 is 1.86. The van der Waals surface area contributed by atoms with Gasteiger partial charge in [0.2, 0.25) is 5.95 Å². The van der Waals surface area contributed by atoms with Crippen molar-refractivity contribution in [2.24, 2.45) is 0 Å². The number of fused-ring (bicyclic) bond motifs is 1. The van der Waals surface area contributed by atoms with E-state index >= 15 is 0 Å². The molecule has 6 heteroatoms. The number of anilines is 2. The van der Waals surface area contributed by atoms with Gasteiger partial charge in [0.25, 0.3) is 0 Å². The molecule has 0 unspecified atom stereocenters. The van der Waals surface area contributed by atoms with Crippen LogP contribution in [0.15, 0.2) is 60.9 Å². The van der Waals surface area contributed by atoms with Gasteiger partial charge >= 0.3 is 0 Å². The molecule has 25 heavy (non-hydrogen) atoms. The number of rotatable bonds is 4. The molecule has 0 spiro atoms. The number of pyridine rings is 1. The van der Waals surface area contributed by atoms with E-state index in [0.29, 0.717) is 11.6 Å². The van der Waals surface area contributed by atoms with Gasteiger partial charge in [0.15, 0.2) is 0 Å². The second kappa shape index (κ2) is 6.24. The Balaban J connectivity index is 1.98. The summed E-state index contributed by atoms with van der Waals surface area (Å²) >= 11 is 0. The topological polar surface area (TPSA) is 81.1 Å². The van der Waals surface area contributed by atoms with Crippen molar-refractivity contribution in [2.45, 2.75) is 6.92 Å². The first-order valence-corrected chi connectivity index (χ1v) is 8.17. The van der Waals surface area contributed by atoms with Gasteiger partial charge in [0.1, 0.15) is 5.69 Å². The van der Waals surface area contributed by atoms with Crippen molar-refractivity contribution in [3.8, 4) is 22.5 Å². The van der Waals surface area contributed by atoms with Crippen LogP contribution < -0.4 is 11.1 Å². The van der Waals surface area contributed by atoms with E-state index in [0.717, 1.165) is 34.6 Å². The standard InChI is InChI=1S/C19H18N6/c1-2-21-19-22-10-9-15(23-19)17-16-8-3-4-11-25(16)24-18(17)13-6-5-7-14(20)12-13/h3-12H,2,20H2,1H3,(H,21,22,23). The molecule has 4 aromatic rings. The lowest BCUT2D eigenvalue weighted by molar-refractivity contribution is 0.966. The van der Waals surface area contributed by atoms with Crippen molar-refractivity contribution >= 4 is 17.2 Å². The van der Waals surface area contributed by atoms with E-state index in [1.54, 1.807) is 6.20 Å². The molecule has 0 aliphatic heterocycles. The maximum Gasteiger partial charge on any atom is 0.223 e. The number of aromatic nitrogens is 4. The summed E-state index contributed by atoms with van der Waals surface area (Å²) in [5, 5.41) is 7.91. The molecular formula is C19H18N6. The minimum absolute atomic E-state index is 0.605. The molecule has 0 amide bonds. The Morgan fingerprint density at radius 3 is 2.88 bits per heavy atom. The molecule has 0 aliphatic rings. The van der Waals surface area contributed by atoms with Crippen molar-refractivity contribution in [1.82, 2.24) is 19.6 Å². The summed E-state index contributed by atoms with van der Waals surface area (Å²) in [6.07, 6.45) is 3.69. The molecule has 0 aliphatic carbocycles. The lowest BCUT2D eigenvalue weighted by Crippen LogP contribution is -2.02. The molecule has 6 nitrogen and oxygen atoms in total. The summed E-state index contributed by atoms with van der Waals surface area (Å²) in [7, 11) is 0. The summed E-state index contributed by atoms with van der Waals surface area (Å²) in [5.41, 5.74) is 11.3. The van der Waals surface area contributed by atoms with Crippen LogP contribution in [0.4, 0.5) is 11.6 Å². The van der Waals surface area contributed by atoms with Crippen LogP contribution in [0.1, 0.15) is 6.92 Å². The van der Waals surface area contributed by atoms with Gasteiger partial charge in [0, 0.05) is 30.2 Å². The first-order chi connectivity index (χ1) is 12.3. The zero-order valence-electron chi connectivity index (χ0n) is 13.8. The first-order valence-electron chi connectivity index (χ1n) is 8.17. The minimum Gasteiger partial charge on any atom is -0.399 e. The Bertz CT molecular complexity index is 1040. The molecule has 124 valence electrons. The van der Waals surface area contributed by atoms with Gasteiger partial charge in [-0.3, -0.25) is 0 Å². The quantitative estimate of drug-likeness (QED) is 0.560. The van der Waals surface area contributed by atoms with Gasteiger partial charge in [-0.05, 0) is 37.3 Å². The number of nitrogens with one attached hydrogen (secondary N) is 1. The fourth-order valence-electron chi connectivity index (χ4n) is 2.88. The number of hydrogen-bond acceptors (Lipinski definition) is 5. The van der Waals surface area contributed by atoms with Crippen LogP contribution in [0.5, 0.6) is 0 Å². The number of nitrogen functional groups attached to an aromatic ring is 1. The predicted octanol–water partition coefficient (Wildman–Crippen LogP) is 3.47. The van der Waals surface area contributed by atoms with Crippen LogP contribution in [0, 0.1) is 0 Å². The molecule has 0 bridgehead atoms.